The minimum atomic E-state index is -1.55. The van der Waals surface area contributed by atoms with Crippen LogP contribution in [0.25, 0.3) is 0 Å². The molecule has 0 heterocycles. The van der Waals surface area contributed by atoms with Crippen molar-refractivity contribution in [2.45, 2.75) is 26.6 Å². The zero-order valence-corrected chi connectivity index (χ0v) is 6.69. The van der Waals surface area contributed by atoms with Crippen molar-refractivity contribution in [2.75, 3.05) is 0 Å². The Kier molecular flexibility index (Phi) is 4.07. The van der Waals surface area contributed by atoms with E-state index in [-0.39, 0.29) is 0 Å². The lowest BCUT2D eigenvalue weighted by Gasteiger charge is -2.19. The number of carbonyl (C=O) groups is 1. The molecule has 4 heteroatoms. The lowest BCUT2D eigenvalue weighted by molar-refractivity contribution is -0.153. The van der Waals surface area contributed by atoms with Crippen molar-refractivity contribution in [2.24, 2.45) is 11.8 Å². The van der Waals surface area contributed by atoms with Crippen molar-refractivity contribution in [3.8, 4) is 0 Å². The molecule has 66 valence electrons. The highest BCUT2D eigenvalue weighted by Crippen LogP contribution is 2.17. The normalized spacial score (nSPS) is 16.5. The van der Waals surface area contributed by atoms with Gasteiger partial charge in [-0.1, -0.05) is 13.8 Å². The summed E-state index contributed by atoms with van der Waals surface area (Å²) in [6, 6.07) is 0. The number of aliphatic carboxylic acids is 1. The third-order valence-electron chi connectivity index (χ3n) is 1.86. The van der Waals surface area contributed by atoms with Crippen molar-refractivity contribution in [1.82, 2.24) is 0 Å². The average molecular weight is 162 g/mol. The highest BCUT2D eigenvalue weighted by molar-refractivity contribution is 5.70. The number of rotatable bonds is 4. The molecule has 0 aromatic heterocycles. The highest BCUT2D eigenvalue weighted by Gasteiger charge is 2.26. The molecule has 3 N–H and O–H groups in total. The lowest BCUT2D eigenvalue weighted by atomic mass is 9.91. The van der Waals surface area contributed by atoms with Gasteiger partial charge >= 0.3 is 5.97 Å². The Labute approximate surface area is 65.5 Å². The maximum absolute atomic E-state index is 10.5. The van der Waals surface area contributed by atoms with Crippen LogP contribution in [0.15, 0.2) is 0 Å². The van der Waals surface area contributed by atoms with Gasteiger partial charge in [0.15, 0.2) is 6.29 Å². The summed E-state index contributed by atoms with van der Waals surface area (Å²) < 4.78 is 0. The third-order valence-corrected chi connectivity index (χ3v) is 1.86. The maximum Gasteiger partial charge on any atom is 0.306 e. The first kappa shape index (κ1) is 10.4. The Hall–Kier alpha value is -0.610. The number of hydrogen-bond acceptors (Lipinski definition) is 3. The van der Waals surface area contributed by atoms with Crippen LogP contribution in [0.1, 0.15) is 20.3 Å². The molecule has 0 amide bonds. The second-order valence-electron chi connectivity index (χ2n) is 2.63. The summed E-state index contributed by atoms with van der Waals surface area (Å²) in [6.45, 7) is 3.21. The van der Waals surface area contributed by atoms with E-state index in [1.165, 1.54) is 6.92 Å². The number of aliphatic hydroxyl groups is 2. The van der Waals surface area contributed by atoms with Crippen molar-refractivity contribution in [3.05, 3.63) is 0 Å². The van der Waals surface area contributed by atoms with E-state index in [1.807, 2.05) is 0 Å². The molecule has 0 rings (SSSR count). The van der Waals surface area contributed by atoms with Crippen molar-refractivity contribution in [1.29, 1.82) is 0 Å². The molecule has 2 unspecified atom stereocenters. The number of hydrogen-bond donors (Lipinski definition) is 3. The van der Waals surface area contributed by atoms with Gasteiger partial charge in [0, 0.05) is 5.92 Å². The number of carboxylic acid groups (broad SMARTS) is 1. The number of carboxylic acids is 1. The topological polar surface area (TPSA) is 77.8 Å². The zero-order valence-electron chi connectivity index (χ0n) is 6.69. The van der Waals surface area contributed by atoms with Crippen molar-refractivity contribution < 1.29 is 20.1 Å². The van der Waals surface area contributed by atoms with Crippen LogP contribution in [0.4, 0.5) is 0 Å². The number of aliphatic hydroxyl groups excluding tert-OH is 1. The first-order valence-corrected chi connectivity index (χ1v) is 3.59. The van der Waals surface area contributed by atoms with Gasteiger partial charge in [-0.25, -0.2) is 0 Å². The molecule has 4 nitrogen and oxygen atoms in total. The van der Waals surface area contributed by atoms with Crippen LogP contribution >= 0.6 is 0 Å². The Bertz CT molecular complexity index is 132. The van der Waals surface area contributed by atoms with Gasteiger partial charge in [0.05, 0.1) is 5.92 Å². The molecule has 0 aliphatic heterocycles. The van der Waals surface area contributed by atoms with Gasteiger partial charge in [0.25, 0.3) is 0 Å². The van der Waals surface area contributed by atoms with Crippen molar-refractivity contribution >= 4 is 5.97 Å². The van der Waals surface area contributed by atoms with Crippen LogP contribution < -0.4 is 0 Å². The quantitative estimate of drug-likeness (QED) is 0.510. The molecule has 0 aliphatic rings. The van der Waals surface area contributed by atoms with Crippen LogP contribution in [0.3, 0.4) is 0 Å². The molecule has 0 fully saturated rings. The Morgan fingerprint density at radius 2 is 1.91 bits per heavy atom. The summed E-state index contributed by atoms with van der Waals surface area (Å²) in [7, 11) is 0. The molecule has 0 bridgehead atoms. The fourth-order valence-electron chi connectivity index (χ4n) is 0.979. The summed E-state index contributed by atoms with van der Waals surface area (Å²) in [5.41, 5.74) is 0. The molecule has 0 radical (unpaired) electrons. The second kappa shape index (κ2) is 4.31. The molecule has 0 spiro atoms. The summed E-state index contributed by atoms with van der Waals surface area (Å²) in [5, 5.41) is 25.9. The minimum absolute atomic E-state index is 0.411. The summed E-state index contributed by atoms with van der Waals surface area (Å²) in [5.74, 6) is -2.26. The van der Waals surface area contributed by atoms with E-state index >= 15 is 0 Å². The molecule has 0 saturated heterocycles. The summed E-state index contributed by atoms with van der Waals surface area (Å²) >= 11 is 0. The van der Waals surface area contributed by atoms with Crippen LogP contribution in [-0.4, -0.2) is 27.6 Å². The molecule has 0 aromatic carbocycles. The molecular weight excluding hydrogens is 148 g/mol. The maximum atomic E-state index is 10.5. The Morgan fingerprint density at radius 1 is 1.45 bits per heavy atom. The van der Waals surface area contributed by atoms with E-state index in [9.17, 15) is 4.79 Å². The summed E-state index contributed by atoms with van der Waals surface area (Å²) in [4.78, 5) is 10.5. The van der Waals surface area contributed by atoms with Crippen LogP contribution in [-0.2, 0) is 4.79 Å². The van der Waals surface area contributed by atoms with E-state index < -0.39 is 24.1 Å². The van der Waals surface area contributed by atoms with Crippen LogP contribution in [0, 0.1) is 11.8 Å². The van der Waals surface area contributed by atoms with E-state index in [1.54, 1.807) is 6.92 Å². The third kappa shape index (κ3) is 2.86. The first-order chi connectivity index (χ1) is 5.00. The van der Waals surface area contributed by atoms with Gasteiger partial charge in [-0.15, -0.1) is 0 Å². The molecule has 0 saturated carbocycles. The zero-order chi connectivity index (χ0) is 9.02. The van der Waals surface area contributed by atoms with E-state index in [0.29, 0.717) is 6.42 Å². The first-order valence-electron chi connectivity index (χ1n) is 3.59. The van der Waals surface area contributed by atoms with Crippen molar-refractivity contribution in [3.63, 3.8) is 0 Å². The molecule has 11 heavy (non-hydrogen) atoms. The molecule has 0 aliphatic carbocycles. The lowest BCUT2D eigenvalue weighted by Crippen LogP contribution is -2.30. The largest absolute Gasteiger partial charge is 0.481 e. The van der Waals surface area contributed by atoms with Gasteiger partial charge < -0.3 is 15.3 Å². The molecular formula is C7H14O4. The second-order valence-corrected chi connectivity index (χ2v) is 2.63. The van der Waals surface area contributed by atoms with E-state index in [4.69, 9.17) is 15.3 Å². The van der Waals surface area contributed by atoms with Crippen LogP contribution in [0.5, 0.6) is 0 Å². The Morgan fingerprint density at radius 3 is 2.00 bits per heavy atom. The van der Waals surface area contributed by atoms with Crippen LogP contribution in [0.2, 0.25) is 0 Å². The fourth-order valence-corrected chi connectivity index (χ4v) is 0.979. The smallest absolute Gasteiger partial charge is 0.306 e. The SMILES string of the molecule is CCC(C(=O)O)C(C)C(O)O. The standard InChI is InChI=1S/C7H14O4/c1-3-5(7(10)11)4(2)6(8)9/h4-6,8-9H,3H2,1-2H3,(H,10,11). The fraction of sp³-hybridized carbons (Fsp3) is 0.857. The van der Waals surface area contributed by atoms with E-state index in [2.05, 4.69) is 0 Å². The Balaban J connectivity index is 4.14. The van der Waals surface area contributed by atoms with Gasteiger partial charge in [-0.3, -0.25) is 4.79 Å². The van der Waals surface area contributed by atoms with E-state index in [0.717, 1.165) is 0 Å². The van der Waals surface area contributed by atoms with Gasteiger partial charge in [-0.2, -0.15) is 0 Å². The monoisotopic (exact) mass is 162 g/mol. The molecule has 2 atom stereocenters. The summed E-state index contributed by atoms with van der Waals surface area (Å²) in [6.07, 6.45) is -1.13. The highest BCUT2D eigenvalue weighted by atomic mass is 16.5. The minimum Gasteiger partial charge on any atom is -0.481 e. The van der Waals surface area contributed by atoms with Gasteiger partial charge in [-0.05, 0) is 6.42 Å². The predicted octanol–water partition coefficient (Wildman–Crippen LogP) is 0.0440. The predicted molar refractivity (Wildman–Crippen MR) is 38.8 cm³/mol. The van der Waals surface area contributed by atoms with Gasteiger partial charge in [0.2, 0.25) is 0 Å². The van der Waals surface area contributed by atoms with Gasteiger partial charge in [0.1, 0.15) is 0 Å². The molecule has 0 aromatic rings. The average Bonchev–Trinajstić information content (AvgIpc) is 1.88.